The molecule has 0 aliphatic heterocycles. The summed E-state index contributed by atoms with van der Waals surface area (Å²) < 4.78 is 5.29. The Kier molecular flexibility index (Phi) is 4.95. The lowest BCUT2D eigenvalue weighted by atomic mass is 10.2. The maximum Gasteiger partial charge on any atom is 0.229 e. The summed E-state index contributed by atoms with van der Waals surface area (Å²) in [4.78, 5) is 12.2. The van der Waals surface area contributed by atoms with Gasteiger partial charge in [0.15, 0.2) is 0 Å². The SMILES string of the molecule is CCNc1nc(Cl)nc(NCc2ccccc2OC)n1. The number of ether oxygens (including phenoxy) is 1. The number of anilines is 2. The van der Waals surface area contributed by atoms with Crippen LogP contribution in [0.3, 0.4) is 0 Å². The van der Waals surface area contributed by atoms with E-state index >= 15 is 0 Å². The minimum Gasteiger partial charge on any atom is -0.496 e. The minimum atomic E-state index is 0.151. The second kappa shape index (κ2) is 6.91. The molecule has 0 saturated carbocycles. The highest BCUT2D eigenvalue weighted by molar-refractivity contribution is 6.28. The van der Waals surface area contributed by atoms with Gasteiger partial charge in [0, 0.05) is 18.7 Å². The number of benzene rings is 1. The fourth-order valence-electron chi connectivity index (χ4n) is 1.69. The lowest BCUT2D eigenvalue weighted by Crippen LogP contribution is -2.09. The molecular formula is C13H16ClN5O. The Morgan fingerprint density at radius 3 is 2.50 bits per heavy atom. The first-order valence-electron chi connectivity index (χ1n) is 6.24. The number of hydrogen-bond acceptors (Lipinski definition) is 6. The maximum atomic E-state index is 5.86. The van der Waals surface area contributed by atoms with E-state index < -0.39 is 0 Å². The number of nitrogens with one attached hydrogen (secondary N) is 2. The predicted octanol–water partition coefficient (Wildman–Crippen LogP) is 2.58. The molecule has 6 nitrogen and oxygen atoms in total. The average molecular weight is 294 g/mol. The summed E-state index contributed by atoms with van der Waals surface area (Å²) in [6.45, 7) is 3.21. The van der Waals surface area contributed by atoms with Crippen LogP contribution >= 0.6 is 11.6 Å². The molecule has 0 aliphatic rings. The van der Waals surface area contributed by atoms with Crippen molar-refractivity contribution in [3.05, 3.63) is 35.1 Å². The van der Waals surface area contributed by atoms with Gasteiger partial charge in [-0.05, 0) is 24.6 Å². The van der Waals surface area contributed by atoms with Crippen molar-refractivity contribution >= 4 is 23.5 Å². The van der Waals surface area contributed by atoms with Crippen LogP contribution in [0.25, 0.3) is 0 Å². The number of rotatable bonds is 6. The van der Waals surface area contributed by atoms with Crippen LogP contribution in [-0.4, -0.2) is 28.6 Å². The number of hydrogen-bond donors (Lipinski definition) is 2. The fraction of sp³-hybridized carbons (Fsp3) is 0.308. The van der Waals surface area contributed by atoms with Gasteiger partial charge in [-0.15, -0.1) is 0 Å². The topological polar surface area (TPSA) is 72.0 Å². The molecule has 7 heteroatoms. The van der Waals surface area contributed by atoms with E-state index in [1.807, 2.05) is 31.2 Å². The first-order chi connectivity index (χ1) is 9.72. The Labute approximate surface area is 122 Å². The van der Waals surface area contributed by atoms with Gasteiger partial charge in [-0.3, -0.25) is 0 Å². The Hall–Kier alpha value is -2.08. The third-order valence-corrected chi connectivity index (χ3v) is 2.74. The second-order valence-corrected chi connectivity index (χ2v) is 4.29. The normalized spacial score (nSPS) is 10.2. The van der Waals surface area contributed by atoms with Gasteiger partial charge in [0.25, 0.3) is 0 Å². The van der Waals surface area contributed by atoms with Gasteiger partial charge in [-0.2, -0.15) is 15.0 Å². The van der Waals surface area contributed by atoms with Gasteiger partial charge in [-0.25, -0.2) is 0 Å². The van der Waals surface area contributed by atoms with Gasteiger partial charge in [0.1, 0.15) is 5.75 Å². The molecule has 2 N–H and O–H groups in total. The molecular weight excluding hydrogens is 278 g/mol. The molecule has 0 radical (unpaired) electrons. The molecule has 1 heterocycles. The van der Waals surface area contributed by atoms with Crippen LogP contribution in [-0.2, 0) is 6.54 Å². The zero-order chi connectivity index (χ0) is 14.4. The maximum absolute atomic E-state index is 5.86. The number of para-hydroxylation sites is 1. The molecule has 0 spiro atoms. The van der Waals surface area contributed by atoms with Crippen molar-refractivity contribution in [1.82, 2.24) is 15.0 Å². The molecule has 0 atom stereocenters. The van der Waals surface area contributed by atoms with Crippen molar-refractivity contribution < 1.29 is 4.74 Å². The van der Waals surface area contributed by atoms with Crippen LogP contribution in [0, 0.1) is 0 Å². The summed E-state index contributed by atoms with van der Waals surface area (Å²) in [5.41, 5.74) is 1.01. The predicted molar refractivity (Wildman–Crippen MR) is 79.3 cm³/mol. The highest BCUT2D eigenvalue weighted by atomic mass is 35.5. The van der Waals surface area contributed by atoms with Crippen molar-refractivity contribution in [2.45, 2.75) is 13.5 Å². The molecule has 106 valence electrons. The van der Waals surface area contributed by atoms with Crippen LogP contribution in [0.2, 0.25) is 5.28 Å². The fourth-order valence-corrected chi connectivity index (χ4v) is 1.85. The molecule has 2 aromatic rings. The molecule has 1 aromatic heterocycles. The quantitative estimate of drug-likeness (QED) is 0.853. The molecule has 0 unspecified atom stereocenters. The average Bonchev–Trinajstić information content (AvgIpc) is 2.45. The molecule has 0 saturated heterocycles. The Morgan fingerprint density at radius 2 is 1.80 bits per heavy atom. The van der Waals surface area contributed by atoms with Crippen molar-refractivity contribution in [2.24, 2.45) is 0 Å². The Morgan fingerprint density at radius 1 is 1.10 bits per heavy atom. The smallest absolute Gasteiger partial charge is 0.229 e. The van der Waals surface area contributed by atoms with Gasteiger partial charge in [0.2, 0.25) is 17.2 Å². The third-order valence-electron chi connectivity index (χ3n) is 2.57. The highest BCUT2D eigenvalue weighted by Crippen LogP contribution is 2.18. The van der Waals surface area contributed by atoms with Gasteiger partial charge >= 0.3 is 0 Å². The Balaban J connectivity index is 2.10. The monoisotopic (exact) mass is 293 g/mol. The molecule has 0 amide bonds. The van der Waals surface area contributed by atoms with E-state index in [1.54, 1.807) is 7.11 Å². The van der Waals surface area contributed by atoms with Gasteiger partial charge in [0.05, 0.1) is 7.11 Å². The van der Waals surface area contributed by atoms with Gasteiger partial charge in [-0.1, -0.05) is 18.2 Å². The molecule has 0 bridgehead atoms. The van der Waals surface area contributed by atoms with Crippen LogP contribution in [0.5, 0.6) is 5.75 Å². The molecule has 0 aliphatic carbocycles. The summed E-state index contributed by atoms with van der Waals surface area (Å²) >= 11 is 5.86. The molecule has 1 aromatic carbocycles. The lowest BCUT2D eigenvalue weighted by Gasteiger charge is -2.10. The largest absolute Gasteiger partial charge is 0.496 e. The van der Waals surface area contributed by atoms with E-state index in [2.05, 4.69) is 25.6 Å². The van der Waals surface area contributed by atoms with Crippen LogP contribution in [0.15, 0.2) is 24.3 Å². The summed E-state index contributed by atoms with van der Waals surface area (Å²) in [6, 6.07) is 7.75. The van der Waals surface area contributed by atoms with Crippen molar-refractivity contribution in [3.63, 3.8) is 0 Å². The van der Waals surface area contributed by atoms with Crippen LogP contribution in [0.4, 0.5) is 11.9 Å². The van der Waals surface area contributed by atoms with E-state index in [1.165, 1.54) is 0 Å². The minimum absolute atomic E-state index is 0.151. The van der Waals surface area contributed by atoms with Crippen molar-refractivity contribution in [2.75, 3.05) is 24.3 Å². The van der Waals surface area contributed by atoms with E-state index in [0.29, 0.717) is 25.0 Å². The first kappa shape index (κ1) is 14.3. The lowest BCUT2D eigenvalue weighted by molar-refractivity contribution is 0.410. The Bertz CT molecular complexity index is 578. The first-order valence-corrected chi connectivity index (χ1v) is 6.62. The zero-order valence-electron chi connectivity index (χ0n) is 11.4. The number of methoxy groups -OCH3 is 1. The summed E-state index contributed by atoms with van der Waals surface area (Å²) in [7, 11) is 1.64. The molecule has 0 fully saturated rings. The van der Waals surface area contributed by atoms with Gasteiger partial charge < -0.3 is 15.4 Å². The second-order valence-electron chi connectivity index (χ2n) is 3.95. The van der Waals surface area contributed by atoms with Crippen molar-refractivity contribution in [3.8, 4) is 5.75 Å². The number of nitrogens with zero attached hydrogens (tertiary/aromatic N) is 3. The zero-order valence-corrected chi connectivity index (χ0v) is 12.1. The van der Waals surface area contributed by atoms with E-state index in [4.69, 9.17) is 16.3 Å². The summed E-state index contributed by atoms with van der Waals surface area (Å²) in [6.07, 6.45) is 0. The third kappa shape index (κ3) is 3.71. The highest BCUT2D eigenvalue weighted by Gasteiger charge is 2.06. The van der Waals surface area contributed by atoms with Crippen LogP contribution < -0.4 is 15.4 Å². The van der Waals surface area contributed by atoms with E-state index in [9.17, 15) is 0 Å². The molecule has 2 rings (SSSR count). The molecule has 20 heavy (non-hydrogen) atoms. The number of aromatic nitrogens is 3. The summed E-state index contributed by atoms with van der Waals surface area (Å²) in [5, 5.41) is 6.26. The van der Waals surface area contributed by atoms with Crippen LogP contribution in [0.1, 0.15) is 12.5 Å². The van der Waals surface area contributed by atoms with Crippen molar-refractivity contribution in [1.29, 1.82) is 0 Å². The number of halogens is 1. The summed E-state index contributed by atoms with van der Waals surface area (Å²) in [5.74, 6) is 1.69. The van der Waals surface area contributed by atoms with E-state index in [-0.39, 0.29) is 5.28 Å². The van der Waals surface area contributed by atoms with E-state index in [0.717, 1.165) is 11.3 Å². The standard InChI is InChI=1S/C13H16ClN5O/c1-3-15-12-17-11(14)18-13(19-12)16-8-9-6-4-5-7-10(9)20-2/h4-7H,3,8H2,1-2H3,(H2,15,16,17,18,19).